The Kier molecular flexibility index (Phi) is 5.14. The average molecular weight is 352 g/mol. The molecule has 0 aromatic heterocycles. The summed E-state index contributed by atoms with van der Waals surface area (Å²) in [4.78, 5) is 12.0. The smallest absolute Gasteiger partial charge is 0.262 e. The zero-order chi connectivity index (χ0) is 15.6. The number of aryl methyl sites for hydroxylation is 1. The quantitative estimate of drug-likeness (QED) is 0.849. The normalized spacial score (nSPS) is 16.7. The van der Waals surface area contributed by atoms with Gasteiger partial charge in [-0.3, -0.25) is 4.79 Å². The highest BCUT2D eigenvalue weighted by molar-refractivity contribution is 8.13. The van der Waals surface area contributed by atoms with Crippen LogP contribution in [-0.4, -0.2) is 33.6 Å². The number of rotatable bonds is 3. The van der Waals surface area contributed by atoms with Crippen molar-refractivity contribution in [2.24, 2.45) is 0 Å². The lowest BCUT2D eigenvalue weighted by Gasteiger charge is -2.23. The second-order valence-electron chi connectivity index (χ2n) is 4.90. The van der Waals surface area contributed by atoms with E-state index < -0.39 is 9.05 Å². The molecule has 1 saturated heterocycles. The van der Waals surface area contributed by atoms with E-state index >= 15 is 0 Å². The third-order valence-corrected chi connectivity index (χ3v) is 5.26. The lowest BCUT2D eigenvalue weighted by atomic mass is 10.1. The van der Waals surface area contributed by atoms with E-state index in [2.05, 4.69) is 5.32 Å². The Bertz CT molecular complexity index is 654. The molecule has 1 N–H and O–H groups in total. The van der Waals surface area contributed by atoms with Crippen LogP contribution in [0.15, 0.2) is 17.0 Å². The van der Waals surface area contributed by atoms with Crippen molar-refractivity contribution in [2.45, 2.75) is 30.7 Å². The summed E-state index contributed by atoms with van der Waals surface area (Å²) in [6, 6.07) is 2.77. The number of hydrogen-bond acceptors (Lipinski definition) is 4. The third-order valence-electron chi connectivity index (χ3n) is 3.30. The second-order valence-corrected chi connectivity index (χ2v) is 7.82. The maximum absolute atomic E-state index is 12.2. The van der Waals surface area contributed by atoms with Crippen molar-refractivity contribution >= 4 is 37.2 Å². The lowest BCUT2D eigenvalue weighted by molar-refractivity contribution is 0.0696. The van der Waals surface area contributed by atoms with Crippen molar-refractivity contribution in [2.75, 3.05) is 13.2 Å². The Morgan fingerprint density at radius 3 is 2.52 bits per heavy atom. The lowest BCUT2D eigenvalue weighted by Crippen LogP contribution is -2.38. The summed E-state index contributed by atoms with van der Waals surface area (Å²) in [5, 5.41) is 2.90. The minimum absolute atomic E-state index is 0.0262. The molecule has 0 radical (unpaired) electrons. The minimum atomic E-state index is -4.00. The van der Waals surface area contributed by atoms with Crippen LogP contribution < -0.4 is 5.32 Å². The fourth-order valence-electron chi connectivity index (χ4n) is 2.16. The first-order chi connectivity index (χ1) is 9.79. The number of carbonyl (C=O) groups is 1. The molecule has 0 atom stereocenters. The summed E-state index contributed by atoms with van der Waals surface area (Å²) >= 11 is 5.93. The molecule has 1 aliphatic rings. The zero-order valence-corrected chi connectivity index (χ0v) is 13.7. The van der Waals surface area contributed by atoms with Gasteiger partial charge in [0, 0.05) is 35.5 Å². The molecule has 2 rings (SSSR count). The Hall–Kier alpha value is -0.820. The highest BCUT2D eigenvalue weighted by Gasteiger charge is 2.22. The number of amides is 1. The van der Waals surface area contributed by atoms with Gasteiger partial charge in [0.05, 0.1) is 5.02 Å². The number of ether oxygens (including phenoxy) is 1. The summed E-state index contributed by atoms with van der Waals surface area (Å²) in [6.45, 7) is 2.83. The van der Waals surface area contributed by atoms with Gasteiger partial charge in [-0.1, -0.05) is 11.6 Å². The predicted octanol–water partition coefficient (Wildman–Crippen LogP) is 2.48. The molecule has 21 heavy (non-hydrogen) atoms. The summed E-state index contributed by atoms with van der Waals surface area (Å²) in [7, 11) is 1.34. The molecule has 0 bridgehead atoms. The Morgan fingerprint density at radius 1 is 1.33 bits per heavy atom. The summed E-state index contributed by atoms with van der Waals surface area (Å²) in [5.41, 5.74) is 0.707. The van der Waals surface area contributed by atoms with E-state index in [1.165, 1.54) is 6.07 Å². The van der Waals surface area contributed by atoms with Crippen LogP contribution in [0.5, 0.6) is 0 Å². The first-order valence-corrected chi connectivity index (χ1v) is 9.11. The van der Waals surface area contributed by atoms with Gasteiger partial charge in [-0.05, 0) is 37.5 Å². The molecule has 0 saturated carbocycles. The van der Waals surface area contributed by atoms with Crippen LogP contribution >= 0.6 is 22.3 Å². The van der Waals surface area contributed by atoms with Crippen LogP contribution in [0.2, 0.25) is 5.02 Å². The Labute approximate surface area is 133 Å². The molecule has 5 nitrogen and oxygen atoms in total. The van der Waals surface area contributed by atoms with E-state index in [0.717, 1.165) is 12.8 Å². The van der Waals surface area contributed by atoms with Gasteiger partial charge in [-0.15, -0.1) is 0 Å². The van der Waals surface area contributed by atoms with E-state index in [1.807, 2.05) is 0 Å². The highest BCUT2D eigenvalue weighted by atomic mass is 35.7. The van der Waals surface area contributed by atoms with Gasteiger partial charge < -0.3 is 10.1 Å². The van der Waals surface area contributed by atoms with E-state index in [4.69, 9.17) is 27.0 Å². The van der Waals surface area contributed by atoms with Crippen molar-refractivity contribution < 1.29 is 17.9 Å². The van der Waals surface area contributed by atoms with Crippen LogP contribution in [0.4, 0.5) is 0 Å². The number of benzene rings is 1. The van der Waals surface area contributed by atoms with E-state index in [9.17, 15) is 13.2 Å². The fourth-order valence-corrected chi connectivity index (χ4v) is 3.70. The van der Waals surface area contributed by atoms with Crippen LogP contribution in [-0.2, 0) is 13.8 Å². The molecule has 8 heteroatoms. The van der Waals surface area contributed by atoms with Gasteiger partial charge in [0.15, 0.2) is 0 Å². The van der Waals surface area contributed by atoms with Crippen LogP contribution in [0.3, 0.4) is 0 Å². The van der Waals surface area contributed by atoms with E-state index in [0.29, 0.717) is 18.8 Å². The molecule has 1 heterocycles. The van der Waals surface area contributed by atoms with Gasteiger partial charge >= 0.3 is 0 Å². The molecule has 1 aromatic carbocycles. The van der Waals surface area contributed by atoms with Crippen LogP contribution in [0, 0.1) is 6.92 Å². The molecule has 116 valence electrons. The molecule has 0 aliphatic carbocycles. The SMILES string of the molecule is Cc1cc(C(=O)NC2CCOCC2)cc(S(=O)(=O)Cl)c1Cl. The molecule has 0 spiro atoms. The van der Waals surface area contributed by atoms with Crippen molar-refractivity contribution in [1.82, 2.24) is 5.32 Å². The number of hydrogen-bond donors (Lipinski definition) is 1. The molecule has 1 fully saturated rings. The zero-order valence-electron chi connectivity index (χ0n) is 11.4. The highest BCUT2D eigenvalue weighted by Crippen LogP contribution is 2.29. The number of halogens is 2. The second kappa shape index (κ2) is 6.52. The standard InChI is InChI=1S/C13H15Cl2NO4S/c1-8-6-9(7-11(12(8)14)21(15,18)19)13(17)16-10-2-4-20-5-3-10/h6-7,10H,2-5H2,1H3,(H,16,17). The first-order valence-electron chi connectivity index (χ1n) is 6.42. The fraction of sp³-hybridized carbons (Fsp3) is 0.462. The van der Waals surface area contributed by atoms with Gasteiger partial charge in [0.25, 0.3) is 15.0 Å². The predicted molar refractivity (Wildman–Crippen MR) is 80.5 cm³/mol. The number of nitrogens with one attached hydrogen (secondary N) is 1. The molecule has 1 aromatic rings. The van der Waals surface area contributed by atoms with Gasteiger partial charge in [0.1, 0.15) is 4.90 Å². The first kappa shape index (κ1) is 16.5. The van der Waals surface area contributed by atoms with Crippen LogP contribution in [0.1, 0.15) is 28.8 Å². The molecular formula is C13H15Cl2NO4S. The van der Waals surface area contributed by atoms with Crippen LogP contribution in [0.25, 0.3) is 0 Å². The van der Waals surface area contributed by atoms with Crippen molar-refractivity contribution in [1.29, 1.82) is 0 Å². The number of carbonyl (C=O) groups excluding carboxylic acids is 1. The molecule has 0 unspecified atom stereocenters. The largest absolute Gasteiger partial charge is 0.381 e. The van der Waals surface area contributed by atoms with Gasteiger partial charge in [-0.2, -0.15) is 0 Å². The maximum atomic E-state index is 12.2. The van der Waals surface area contributed by atoms with Crippen molar-refractivity contribution in [3.8, 4) is 0 Å². The van der Waals surface area contributed by atoms with E-state index in [1.54, 1.807) is 13.0 Å². The third kappa shape index (κ3) is 4.10. The summed E-state index contributed by atoms with van der Waals surface area (Å²) < 4.78 is 28.2. The van der Waals surface area contributed by atoms with Crippen molar-refractivity contribution in [3.05, 3.63) is 28.3 Å². The summed E-state index contributed by atoms with van der Waals surface area (Å²) in [5.74, 6) is -0.344. The topological polar surface area (TPSA) is 72.5 Å². The Morgan fingerprint density at radius 2 is 1.95 bits per heavy atom. The molecular weight excluding hydrogens is 337 g/mol. The van der Waals surface area contributed by atoms with Gasteiger partial charge in [-0.25, -0.2) is 8.42 Å². The Balaban J connectivity index is 2.27. The summed E-state index contributed by atoms with van der Waals surface area (Å²) in [6.07, 6.45) is 1.47. The molecule has 1 aliphatic heterocycles. The average Bonchev–Trinajstić information content (AvgIpc) is 2.41. The van der Waals surface area contributed by atoms with Gasteiger partial charge in [0.2, 0.25) is 0 Å². The minimum Gasteiger partial charge on any atom is -0.381 e. The molecule has 1 amide bonds. The maximum Gasteiger partial charge on any atom is 0.262 e. The van der Waals surface area contributed by atoms with Crippen molar-refractivity contribution in [3.63, 3.8) is 0 Å². The monoisotopic (exact) mass is 351 g/mol. The van der Waals surface area contributed by atoms with E-state index in [-0.39, 0.29) is 27.4 Å².